The number of nitrogens with one attached hydrogen (secondary N) is 1. The number of hydrogen-bond acceptors (Lipinski definition) is 4. The van der Waals surface area contributed by atoms with Gasteiger partial charge in [-0.3, -0.25) is 4.79 Å². The molecule has 0 bridgehead atoms. The number of nitrogen functional groups attached to an aromatic ring is 1. The largest absolute Gasteiger partial charge is 0.397 e. The highest BCUT2D eigenvalue weighted by atomic mass is 79.9. The van der Waals surface area contributed by atoms with Gasteiger partial charge in [-0.2, -0.15) is 0 Å². The normalized spacial score (nSPS) is 11.1. The highest BCUT2D eigenvalue weighted by molar-refractivity contribution is 9.10. The van der Waals surface area contributed by atoms with Crippen molar-refractivity contribution >= 4 is 43.0 Å². The minimum absolute atomic E-state index is 0.0800. The third kappa shape index (κ3) is 3.43. The lowest BCUT2D eigenvalue weighted by Gasteiger charge is -2.09. The van der Waals surface area contributed by atoms with E-state index in [2.05, 4.69) is 21.2 Å². The van der Waals surface area contributed by atoms with Gasteiger partial charge >= 0.3 is 0 Å². The van der Waals surface area contributed by atoms with E-state index in [1.807, 2.05) is 0 Å². The molecule has 0 aromatic heterocycles. The summed E-state index contributed by atoms with van der Waals surface area (Å²) < 4.78 is 25.7. The summed E-state index contributed by atoms with van der Waals surface area (Å²) in [5.41, 5.74) is 6.37. The molecule has 0 aliphatic rings. The molecule has 2 aromatic carbocycles. The fraction of sp³-hybridized carbons (Fsp3) is 0.0714. The van der Waals surface area contributed by atoms with E-state index in [4.69, 9.17) is 5.73 Å². The van der Waals surface area contributed by atoms with Crippen LogP contribution in [0.15, 0.2) is 56.7 Å². The molecule has 0 aliphatic heterocycles. The molecule has 2 aromatic rings. The van der Waals surface area contributed by atoms with Crippen molar-refractivity contribution in [2.24, 2.45) is 0 Å². The van der Waals surface area contributed by atoms with Crippen LogP contribution in [0.1, 0.15) is 6.92 Å². The van der Waals surface area contributed by atoms with Crippen LogP contribution in [0.2, 0.25) is 0 Å². The van der Waals surface area contributed by atoms with Crippen molar-refractivity contribution in [1.82, 2.24) is 0 Å². The Morgan fingerprint density at radius 1 is 1.10 bits per heavy atom. The van der Waals surface area contributed by atoms with Crippen LogP contribution in [-0.2, 0) is 14.6 Å². The van der Waals surface area contributed by atoms with Gasteiger partial charge in [0, 0.05) is 11.4 Å². The maximum atomic E-state index is 12.5. The lowest BCUT2D eigenvalue weighted by Crippen LogP contribution is -2.09. The minimum Gasteiger partial charge on any atom is -0.397 e. The molecule has 110 valence electrons. The van der Waals surface area contributed by atoms with Gasteiger partial charge in [0.2, 0.25) is 15.7 Å². The first-order chi connectivity index (χ1) is 9.80. The Morgan fingerprint density at radius 2 is 1.67 bits per heavy atom. The van der Waals surface area contributed by atoms with Crippen LogP contribution in [0.4, 0.5) is 11.4 Å². The van der Waals surface area contributed by atoms with Crippen LogP contribution in [0.3, 0.4) is 0 Å². The van der Waals surface area contributed by atoms with Gasteiger partial charge in [0.25, 0.3) is 0 Å². The van der Waals surface area contributed by atoms with Crippen LogP contribution in [0.5, 0.6) is 0 Å². The first-order valence-electron chi connectivity index (χ1n) is 5.98. The Kier molecular flexibility index (Phi) is 4.34. The molecule has 5 nitrogen and oxygen atoms in total. The molecule has 3 N–H and O–H groups in total. The Balaban J connectivity index is 2.43. The topological polar surface area (TPSA) is 89.3 Å². The number of halogens is 1. The van der Waals surface area contributed by atoms with Crippen LogP contribution in [0.25, 0.3) is 0 Å². The highest BCUT2D eigenvalue weighted by Gasteiger charge is 2.18. The number of sulfone groups is 1. The molecule has 0 radical (unpaired) electrons. The molecule has 7 heteroatoms. The number of nitrogens with two attached hydrogens (primary N) is 1. The summed E-state index contributed by atoms with van der Waals surface area (Å²) in [5.74, 6) is -0.273. The van der Waals surface area contributed by atoms with Crippen molar-refractivity contribution in [2.75, 3.05) is 11.1 Å². The molecule has 2 rings (SSSR count). The summed E-state index contributed by atoms with van der Waals surface area (Å²) >= 11 is 3.26. The van der Waals surface area contributed by atoms with E-state index in [0.717, 1.165) is 4.47 Å². The number of anilines is 2. The minimum atomic E-state index is -3.64. The first-order valence-corrected chi connectivity index (χ1v) is 8.26. The van der Waals surface area contributed by atoms with E-state index in [-0.39, 0.29) is 21.4 Å². The monoisotopic (exact) mass is 368 g/mol. The van der Waals surface area contributed by atoms with Gasteiger partial charge in [0.1, 0.15) is 0 Å². The summed E-state index contributed by atoms with van der Waals surface area (Å²) in [6, 6.07) is 10.6. The second-order valence-corrected chi connectivity index (χ2v) is 7.25. The van der Waals surface area contributed by atoms with Gasteiger partial charge < -0.3 is 11.1 Å². The Bertz CT molecular complexity index is 786. The lowest BCUT2D eigenvalue weighted by atomic mass is 10.2. The van der Waals surface area contributed by atoms with E-state index in [1.54, 1.807) is 12.1 Å². The third-order valence-corrected chi connectivity index (χ3v) is 5.06. The van der Waals surface area contributed by atoms with Gasteiger partial charge in [0.15, 0.2) is 0 Å². The standard InChI is InChI=1S/C14H13BrN2O3S/c1-9(18)17-14-7-6-12(8-13(14)16)21(19,20)11-4-2-10(15)3-5-11/h2-8H,16H2,1H3,(H,17,18). The maximum Gasteiger partial charge on any atom is 0.221 e. The number of amides is 1. The number of benzene rings is 2. The van der Waals surface area contributed by atoms with Crippen LogP contribution < -0.4 is 11.1 Å². The third-order valence-electron chi connectivity index (χ3n) is 2.77. The second kappa shape index (κ2) is 5.87. The highest BCUT2D eigenvalue weighted by Crippen LogP contribution is 2.27. The SMILES string of the molecule is CC(=O)Nc1ccc(S(=O)(=O)c2ccc(Br)cc2)cc1N. The Labute approximate surface area is 131 Å². The predicted octanol–water partition coefficient (Wildman–Crippen LogP) is 2.82. The van der Waals surface area contributed by atoms with Gasteiger partial charge in [-0.05, 0) is 42.5 Å². The van der Waals surface area contributed by atoms with E-state index >= 15 is 0 Å². The molecule has 0 spiro atoms. The molecule has 0 saturated heterocycles. The fourth-order valence-electron chi connectivity index (χ4n) is 1.76. The molecule has 0 atom stereocenters. The summed E-state index contributed by atoms with van der Waals surface area (Å²) in [6.45, 7) is 1.35. The Morgan fingerprint density at radius 3 is 2.19 bits per heavy atom. The lowest BCUT2D eigenvalue weighted by molar-refractivity contribution is -0.114. The summed E-state index contributed by atoms with van der Waals surface area (Å²) in [4.78, 5) is 11.3. The first kappa shape index (κ1) is 15.5. The van der Waals surface area contributed by atoms with Gasteiger partial charge in [-0.15, -0.1) is 0 Å². The van der Waals surface area contributed by atoms with Crippen molar-refractivity contribution in [3.05, 3.63) is 46.9 Å². The predicted molar refractivity (Wildman–Crippen MR) is 84.8 cm³/mol. The number of hydrogen-bond donors (Lipinski definition) is 2. The number of carbonyl (C=O) groups is 1. The quantitative estimate of drug-likeness (QED) is 0.815. The molecular formula is C14H13BrN2O3S. The van der Waals surface area contributed by atoms with E-state index in [1.165, 1.54) is 37.3 Å². The van der Waals surface area contributed by atoms with E-state index < -0.39 is 9.84 Å². The van der Waals surface area contributed by atoms with E-state index in [0.29, 0.717) is 5.69 Å². The average Bonchev–Trinajstić information content (AvgIpc) is 2.41. The second-order valence-electron chi connectivity index (χ2n) is 4.39. The van der Waals surface area contributed by atoms with E-state index in [9.17, 15) is 13.2 Å². The zero-order valence-corrected chi connectivity index (χ0v) is 13.5. The van der Waals surface area contributed by atoms with Crippen LogP contribution in [0, 0.1) is 0 Å². The summed E-state index contributed by atoms with van der Waals surface area (Å²) in [5, 5.41) is 2.53. The average molecular weight is 369 g/mol. The maximum absolute atomic E-state index is 12.5. The van der Waals surface area contributed by atoms with Crippen molar-refractivity contribution in [3.8, 4) is 0 Å². The van der Waals surface area contributed by atoms with Crippen molar-refractivity contribution in [1.29, 1.82) is 0 Å². The molecule has 0 unspecified atom stereocenters. The van der Waals surface area contributed by atoms with Gasteiger partial charge in [0.05, 0.1) is 21.2 Å². The molecule has 1 amide bonds. The smallest absolute Gasteiger partial charge is 0.221 e. The molecular weight excluding hydrogens is 356 g/mol. The molecule has 0 saturated carbocycles. The summed E-state index contributed by atoms with van der Waals surface area (Å²) in [7, 11) is -3.64. The molecule has 21 heavy (non-hydrogen) atoms. The van der Waals surface area contributed by atoms with Gasteiger partial charge in [-0.1, -0.05) is 15.9 Å². The summed E-state index contributed by atoms with van der Waals surface area (Å²) in [6.07, 6.45) is 0. The zero-order chi connectivity index (χ0) is 15.6. The zero-order valence-electron chi connectivity index (χ0n) is 11.1. The van der Waals surface area contributed by atoms with Gasteiger partial charge in [-0.25, -0.2) is 8.42 Å². The molecule has 0 fully saturated rings. The van der Waals surface area contributed by atoms with Crippen LogP contribution >= 0.6 is 15.9 Å². The van der Waals surface area contributed by atoms with Crippen molar-refractivity contribution < 1.29 is 13.2 Å². The Hall–Kier alpha value is -1.86. The number of rotatable bonds is 3. The van der Waals surface area contributed by atoms with Crippen LogP contribution in [-0.4, -0.2) is 14.3 Å². The van der Waals surface area contributed by atoms with Crippen molar-refractivity contribution in [2.45, 2.75) is 16.7 Å². The number of carbonyl (C=O) groups excluding carboxylic acids is 1. The molecule has 0 heterocycles. The molecule has 0 aliphatic carbocycles. The fourth-order valence-corrected chi connectivity index (χ4v) is 3.32. The van der Waals surface area contributed by atoms with Crippen molar-refractivity contribution in [3.63, 3.8) is 0 Å².